The van der Waals surface area contributed by atoms with E-state index >= 15 is 0 Å². The van der Waals surface area contributed by atoms with E-state index in [4.69, 9.17) is 19.4 Å². The number of hydrogen-bond acceptors (Lipinski definition) is 10. The Hall–Kier alpha value is -6.78. The van der Waals surface area contributed by atoms with E-state index in [0.717, 1.165) is 123 Å². The van der Waals surface area contributed by atoms with Gasteiger partial charge < -0.3 is 50.1 Å². The smallest absolute Gasteiger partial charge is 0.407 e. The standard InChI is InChI=1S/C58H68N8O8/c1-31(67)51(63-57(71)73-3)55(69)65-47-11-7-5-9-39(47)29-49(65)53-59-43-23-21-37(27-45(43)61-53)41-25-33-13-17-35(41)19-15-34-14-18-36(20-16-33)42(26-34)38-22-24-44-46(28-38)62-54(60-44)50-30-40-10-6-8-12-48(40)66(50)56(70)52(32(2)68)64-58(72)74-4/h13-14,17-18,21-28,31-32,39-40,47-52,67-68H,5-12,15-16,19-20,29-30H2,1-4H3,(H,59,61)(H,60,62)(H,63,71)(H,64,72)/t31-,32-,39+,40+,47+,48+,49+,50+,51+,52+/m1/s1. The van der Waals surface area contributed by atoms with Crippen LogP contribution in [0.15, 0.2) is 72.8 Å². The Morgan fingerprint density at radius 3 is 1.41 bits per heavy atom. The third-order valence-electron chi connectivity index (χ3n) is 17.1. The molecule has 4 bridgehead atoms. The van der Waals surface area contributed by atoms with E-state index < -0.39 is 36.5 Å². The van der Waals surface area contributed by atoms with Crippen molar-refractivity contribution in [2.75, 3.05) is 14.2 Å². The summed E-state index contributed by atoms with van der Waals surface area (Å²) in [7, 11) is 2.49. The van der Waals surface area contributed by atoms with Gasteiger partial charge in [-0.3, -0.25) is 9.59 Å². The molecule has 2 aliphatic heterocycles. The van der Waals surface area contributed by atoms with Crippen LogP contribution in [0.2, 0.25) is 0 Å². The van der Waals surface area contributed by atoms with Crippen molar-refractivity contribution in [3.05, 3.63) is 107 Å². The molecule has 6 aliphatic carbocycles. The predicted molar refractivity (Wildman–Crippen MR) is 280 cm³/mol. The first kappa shape index (κ1) is 49.4. The number of likely N-dealkylation sites (tertiary alicyclic amines) is 2. The number of amides is 4. The van der Waals surface area contributed by atoms with E-state index in [9.17, 15) is 29.4 Å². The molecule has 4 heterocycles. The van der Waals surface area contributed by atoms with Gasteiger partial charge in [0.05, 0.1) is 60.6 Å². The van der Waals surface area contributed by atoms with E-state index in [1.54, 1.807) is 0 Å². The maximum absolute atomic E-state index is 14.3. The molecular formula is C58H68N8O8. The lowest BCUT2D eigenvalue weighted by molar-refractivity contribution is -0.140. The maximum atomic E-state index is 14.3. The second-order valence-corrected chi connectivity index (χ2v) is 21.6. The molecule has 0 spiro atoms. The van der Waals surface area contributed by atoms with Gasteiger partial charge in [0.1, 0.15) is 23.7 Å². The number of aromatic nitrogens is 4. The first-order valence-corrected chi connectivity index (χ1v) is 26.8. The zero-order valence-electron chi connectivity index (χ0n) is 42.7. The number of alkyl carbamates (subject to hydrolysis) is 2. The highest BCUT2D eigenvalue weighted by molar-refractivity contribution is 5.89. The van der Waals surface area contributed by atoms with Gasteiger partial charge >= 0.3 is 12.2 Å². The van der Waals surface area contributed by atoms with Crippen LogP contribution >= 0.6 is 0 Å². The van der Waals surface area contributed by atoms with Crippen molar-refractivity contribution in [2.24, 2.45) is 11.8 Å². The van der Waals surface area contributed by atoms with Crippen LogP contribution in [0.5, 0.6) is 0 Å². The number of hydrogen-bond donors (Lipinski definition) is 6. The van der Waals surface area contributed by atoms with Crippen molar-refractivity contribution >= 4 is 46.1 Å². The summed E-state index contributed by atoms with van der Waals surface area (Å²) in [5.74, 6) is 1.40. The number of fused-ring (bicyclic) bond motifs is 4. The van der Waals surface area contributed by atoms with E-state index in [1.165, 1.54) is 61.4 Å². The zero-order chi connectivity index (χ0) is 51.4. The molecule has 10 atom stereocenters. The van der Waals surface area contributed by atoms with Crippen molar-refractivity contribution < 1.29 is 38.9 Å². The Morgan fingerprint density at radius 2 is 1.00 bits per heavy atom. The number of aliphatic hydroxyl groups is 2. The van der Waals surface area contributed by atoms with E-state index in [1.807, 2.05) is 9.80 Å². The van der Waals surface area contributed by atoms with Gasteiger partial charge in [0.2, 0.25) is 11.8 Å². The fourth-order valence-electron chi connectivity index (χ4n) is 13.3. The van der Waals surface area contributed by atoms with Crippen LogP contribution in [0.25, 0.3) is 44.3 Å². The molecular weight excluding hydrogens is 937 g/mol. The average Bonchev–Trinajstić information content (AvgIpc) is 4.21. The summed E-state index contributed by atoms with van der Waals surface area (Å²) in [6.07, 6.45) is 9.13. The molecule has 2 aromatic heterocycles. The number of aromatic amines is 2. The van der Waals surface area contributed by atoms with Gasteiger partial charge in [-0.25, -0.2) is 19.6 Å². The first-order chi connectivity index (χ1) is 35.8. The molecule has 16 heteroatoms. The van der Waals surface area contributed by atoms with Crippen molar-refractivity contribution in [3.63, 3.8) is 0 Å². The number of methoxy groups -OCH3 is 2. The van der Waals surface area contributed by atoms with Crippen LogP contribution in [-0.2, 0) is 44.7 Å². The van der Waals surface area contributed by atoms with E-state index in [0.29, 0.717) is 23.5 Å². The van der Waals surface area contributed by atoms with Gasteiger partial charge in [0.25, 0.3) is 0 Å². The molecule has 2 saturated heterocycles. The maximum Gasteiger partial charge on any atom is 0.407 e. The van der Waals surface area contributed by atoms with Crippen LogP contribution in [0.3, 0.4) is 0 Å². The van der Waals surface area contributed by atoms with Crippen molar-refractivity contribution in [1.29, 1.82) is 0 Å². The molecule has 4 aromatic carbocycles. The molecule has 6 N–H and O–H groups in total. The number of carbonyl (C=O) groups is 4. The highest BCUT2D eigenvalue weighted by Crippen LogP contribution is 2.48. The molecule has 8 aliphatic rings. The van der Waals surface area contributed by atoms with Crippen LogP contribution in [0, 0.1) is 11.8 Å². The summed E-state index contributed by atoms with van der Waals surface area (Å²) in [4.78, 5) is 74.5. The summed E-state index contributed by atoms with van der Waals surface area (Å²) >= 11 is 0. The third kappa shape index (κ3) is 9.39. The van der Waals surface area contributed by atoms with Crippen molar-refractivity contribution in [1.82, 2.24) is 40.4 Å². The first-order valence-electron chi connectivity index (χ1n) is 26.8. The minimum Gasteiger partial charge on any atom is -0.453 e. The second kappa shape index (κ2) is 20.5. The number of aryl methyl sites for hydroxylation is 4. The molecule has 16 nitrogen and oxygen atoms in total. The summed E-state index contributed by atoms with van der Waals surface area (Å²) in [5.41, 5.74) is 12.9. The van der Waals surface area contributed by atoms with Gasteiger partial charge in [-0.15, -0.1) is 0 Å². The number of nitrogens with one attached hydrogen (secondary N) is 4. The lowest BCUT2D eigenvalue weighted by atomic mass is 9.84. The van der Waals surface area contributed by atoms with Crippen LogP contribution in [0.4, 0.5) is 9.59 Å². The summed E-state index contributed by atoms with van der Waals surface area (Å²) < 4.78 is 9.64. The Morgan fingerprint density at radius 1 is 0.581 bits per heavy atom. The molecule has 6 aromatic rings. The number of aliphatic hydroxyl groups excluding tert-OH is 2. The summed E-state index contributed by atoms with van der Waals surface area (Å²) in [6.45, 7) is 3.03. The van der Waals surface area contributed by atoms with Gasteiger partial charge in [-0.05, 0) is 159 Å². The largest absolute Gasteiger partial charge is 0.453 e. The highest BCUT2D eigenvalue weighted by atomic mass is 16.5. The van der Waals surface area contributed by atoms with Crippen molar-refractivity contribution in [3.8, 4) is 22.3 Å². The molecule has 4 fully saturated rings. The number of ether oxygens (including phenoxy) is 2. The number of H-pyrrole nitrogens is 2. The van der Waals surface area contributed by atoms with Gasteiger partial charge in [0.15, 0.2) is 0 Å². The Bertz CT molecular complexity index is 2900. The monoisotopic (exact) mass is 1000 g/mol. The molecule has 14 rings (SSSR count). The number of carbonyl (C=O) groups excluding carboxylic acids is 4. The summed E-state index contributed by atoms with van der Waals surface area (Å²) in [5, 5.41) is 26.6. The number of benzene rings is 4. The minimum atomic E-state index is -1.14. The zero-order valence-corrected chi connectivity index (χ0v) is 42.7. The Balaban J connectivity index is 0.849. The fourth-order valence-corrected chi connectivity index (χ4v) is 13.3. The Kier molecular flexibility index (Phi) is 13.7. The minimum absolute atomic E-state index is 0.00210. The van der Waals surface area contributed by atoms with Gasteiger partial charge in [-0.1, -0.05) is 74.2 Å². The van der Waals surface area contributed by atoms with E-state index in [2.05, 4.69) is 93.4 Å². The normalized spacial score (nSPS) is 24.1. The molecule has 0 unspecified atom stereocenters. The molecule has 74 heavy (non-hydrogen) atoms. The third-order valence-corrected chi connectivity index (χ3v) is 17.1. The second-order valence-electron chi connectivity index (χ2n) is 21.6. The number of imidazole rings is 2. The van der Waals surface area contributed by atoms with Crippen LogP contribution in [-0.4, -0.2) is 115 Å². The molecule has 4 amide bonds. The topological polar surface area (TPSA) is 215 Å². The van der Waals surface area contributed by atoms with Gasteiger partial charge in [-0.2, -0.15) is 0 Å². The molecule has 388 valence electrons. The van der Waals surface area contributed by atoms with Gasteiger partial charge in [0, 0.05) is 12.1 Å². The lowest BCUT2D eigenvalue weighted by Gasteiger charge is -2.36. The van der Waals surface area contributed by atoms with Crippen molar-refractivity contribution in [2.45, 2.75) is 152 Å². The van der Waals surface area contributed by atoms with Crippen LogP contribution in [0.1, 0.15) is 124 Å². The quantitative estimate of drug-likeness (QED) is 0.0769. The lowest BCUT2D eigenvalue weighted by Crippen LogP contribution is -2.55. The van der Waals surface area contributed by atoms with E-state index in [-0.39, 0.29) is 36.0 Å². The molecule has 0 radical (unpaired) electrons. The summed E-state index contributed by atoms with van der Waals surface area (Å²) in [6, 6.07) is 23.6. The fraction of sp³-hybridized carbons (Fsp3) is 0.483. The highest BCUT2D eigenvalue weighted by Gasteiger charge is 2.50. The van der Waals surface area contributed by atoms with Crippen LogP contribution < -0.4 is 10.6 Å². The average molecular weight is 1010 g/mol. The Labute approximate surface area is 431 Å². The number of rotatable bonds is 10. The predicted octanol–water partition coefficient (Wildman–Crippen LogP) is 8.53. The SMILES string of the molecule is COC(=O)N[C@H](C(=O)N1[C@H](c2nc3cc(-c4cc5ccc4CCc4ccc(c(-c6ccc7[nH]c([C@@H]8C[C@@H]9CCCC[C@@H]9N8C(=O)[C@@H](NC(=O)OC)[C@@H](C)O)nc7c6)c4)CC5)ccc3[nH]2)C[C@@H]2CCCC[C@@H]21)[C@@H](C)O. The number of nitrogens with zero attached hydrogens (tertiary/aromatic N) is 4. The molecule has 2 saturated carbocycles.